The van der Waals surface area contributed by atoms with Gasteiger partial charge in [-0.15, -0.1) is 0 Å². The number of hydrogen-bond acceptors (Lipinski definition) is 5. The maximum atomic E-state index is 11.9. The Morgan fingerprint density at radius 3 is 2.74 bits per heavy atom. The first-order valence-electron chi connectivity index (χ1n) is 7.77. The van der Waals surface area contributed by atoms with Crippen LogP contribution in [0.5, 0.6) is 0 Å². The maximum absolute atomic E-state index is 11.9. The summed E-state index contributed by atoms with van der Waals surface area (Å²) in [4.78, 5) is 18.7. The van der Waals surface area contributed by atoms with Crippen LogP contribution in [-0.4, -0.2) is 36.2 Å². The molecule has 2 aromatic heterocycles. The Hall–Kier alpha value is -1.92. The van der Waals surface area contributed by atoms with Crippen molar-refractivity contribution in [1.29, 1.82) is 0 Å². The second kappa shape index (κ2) is 7.10. The van der Waals surface area contributed by atoms with Crippen LogP contribution in [0.1, 0.15) is 29.8 Å². The summed E-state index contributed by atoms with van der Waals surface area (Å²) >= 11 is 1.52. The van der Waals surface area contributed by atoms with Crippen LogP contribution in [0.15, 0.2) is 35.2 Å². The van der Waals surface area contributed by atoms with Crippen molar-refractivity contribution >= 4 is 23.1 Å². The highest BCUT2D eigenvalue weighted by Gasteiger charge is 2.22. The van der Waals surface area contributed by atoms with Gasteiger partial charge in [-0.2, -0.15) is 11.3 Å². The molecule has 2 atom stereocenters. The number of anilines is 1. The number of amides is 1. The molecule has 1 N–H and O–H groups in total. The van der Waals surface area contributed by atoms with Crippen molar-refractivity contribution in [2.75, 3.05) is 18.0 Å². The third-order valence-electron chi connectivity index (χ3n) is 3.79. The second-order valence-corrected chi connectivity index (χ2v) is 6.66. The Bertz CT molecular complexity index is 632. The van der Waals surface area contributed by atoms with Gasteiger partial charge in [0, 0.05) is 36.8 Å². The van der Waals surface area contributed by atoms with Crippen molar-refractivity contribution < 1.29 is 9.53 Å². The van der Waals surface area contributed by atoms with Gasteiger partial charge in [0.2, 0.25) is 0 Å². The zero-order valence-electron chi connectivity index (χ0n) is 13.4. The Morgan fingerprint density at radius 1 is 1.35 bits per heavy atom. The molecule has 2 aromatic rings. The Balaban J connectivity index is 1.58. The minimum Gasteiger partial charge on any atom is -0.372 e. The van der Waals surface area contributed by atoms with Gasteiger partial charge in [0.25, 0.3) is 5.91 Å². The molecule has 3 rings (SSSR count). The van der Waals surface area contributed by atoms with Gasteiger partial charge in [0.1, 0.15) is 5.82 Å². The molecule has 1 aliphatic rings. The molecule has 1 fully saturated rings. The van der Waals surface area contributed by atoms with E-state index in [-0.39, 0.29) is 18.1 Å². The lowest BCUT2D eigenvalue weighted by atomic mass is 10.2. The van der Waals surface area contributed by atoms with Crippen LogP contribution in [0.4, 0.5) is 5.82 Å². The summed E-state index contributed by atoms with van der Waals surface area (Å²) in [5.41, 5.74) is 1.70. The molecule has 0 radical (unpaired) electrons. The average Bonchev–Trinajstić information content (AvgIpc) is 3.07. The number of aromatic nitrogens is 1. The van der Waals surface area contributed by atoms with E-state index in [4.69, 9.17) is 4.74 Å². The number of morpholine rings is 1. The van der Waals surface area contributed by atoms with Crippen molar-refractivity contribution in [2.45, 2.75) is 32.6 Å². The molecular weight excluding hydrogens is 310 g/mol. The third kappa shape index (κ3) is 4.09. The monoisotopic (exact) mass is 331 g/mol. The molecule has 6 heteroatoms. The normalized spacial score (nSPS) is 21.2. The highest BCUT2D eigenvalue weighted by Crippen LogP contribution is 2.18. The van der Waals surface area contributed by atoms with E-state index in [2.05, 4.69) is 29.0 Å². The SMILES string of the molecule is C[C@@H]1CN(c2ccc(CNC(=O)c3ccsc3)cn2)C[C@H](C)O1. The van der Waals surface area contributed by atoms with Crippen LogP contribution < -0.4 is 10.2 Å². The van der Waals surface area contributed by atoms with Gasteiger partial charge in [0.05, 0.1) is 12.2 Å². The number of hydrogen-bond donors (Lipinski definition) is 1. The van der Waals surface area contributed by atoms with Crippen molar-refractivity contribution in [1.82, 2.24) is 10.3 Å². The molecule has 1 aliphatic heterocycles. The highest BCUT2D eigenvalue weighted by atomic mass is 32.1. The van der Waals surface area contributed by atoms with Crippen molar-refractivity contribution in [3.8, 4) is 0 Å². The number of carbonyl (C=O) groups is 1. The minimum atomic E-state index is -0.0499. The summed E-state index contributed by atoms with van der Waals surface area (Å²) in [6.45, 7) is 6.35. The lowest BCUT2D eigenvalue weighted by Crippen LogP contribution is -2.45. The van der Waals surface area contributed by atoms with Crippen molar-refractivity contribution in [3.05, 3.63) is 46.3 Å². The van der Waals surface area contributed by atoms with Crippen LogP contribution in [0.2, 0.25) is 0 Å². The van der Waals surface area contributed by atoms with E-state index in [1.54, 1.807) is 0 Å². The highest BCUT2D eigenvalue weighted by molar-refractivity contribution is 7.08. The van der Waals surface area contributed by atoms with E-state index in [1.807, 2.05) is 35.2 Å². The molecule has 0 spiro atoms. The molecule has 1 amide bonds. The number of pyridine rings is 1. The zero-order valence-corrected chi connectivity index (χ0v) is 14.2. The van der Waals surface area contributed by atoms with E-state index in [1.165, 1.54) is 11.3 Å². The molecule has 0 aliphatic carbocycles. The number of ether oxygens (including phenoxy) is 1. The van der Waals surface area contributed by atoms with Crippen LogP contribution >= 0.6 is 11.3 Å². The summed E-state index contributed by atoms with van der Waals surface area (Å²) in [7, 11) is 0. The Labute approximate surface area is 140 Å². The number of carbonyl (C=O) groups excluding carboxylic acids is 1. The molecule has 122 valence electrons. The summed E-state index contributed by atoms with van der Waals surface area (Å²) in [5.74, 6) is 0.908. The first kappa shape index (κ1) is 16.0. The van der Waals surface area contributed by atoms with Crippen molar-refractivity contribution in [2.24, 2.45) is 0 Å². The molecule has 3 heterocycles. The molecule has 0 aromatic carbocycles. The van der Waals surface area contributed by atoms with Crippen molar-refractivity contribution in [3.63, 3.8) is 0 Å². The van der Waals surface area contributed by atoms with E-state index in [0.29, 0.717) is 12.1 Å². The first-order chi connectivity index (χ1) is 11.1. The van der Waals surface area contributed by atoms with Gasteiger partial charge < -0.3 is 15.0 Å². The largest absolute Gasteiger partial charge is 0.372 e. The average molecular weight is 331 g/mol. The van der Waals surface area contributed by atoms with E-state index < -0.39 is 0 Å². The van der Waals surface area contributed by atoms with Gasteiger partial charge in [0.15, 0.2) is 0 Å². The second-order valence-electron chi connectivity index (χ2n) is 5.88. The van der Waals surface area contributed by atoms with Gasteiger partial charge in [-0.25, -0.2) is 4.98 Å². The Morgan fingerprint density at radius 2 is 2.13 bits per heavy atom. The number of rotatable bonds is 4. The zero-order chi connectivity index (χ0) is 16.2. The molecular formula is C17H21N3O2S. The molecule has 23 heavy (non-hydrogen) atoms. The quantitative estimate of drug-likeness (QED) is 0.936. The molecule has 0 saturated carbocycles. The predicted octanol–water partition coefficient (Wildman–Crippen LogP) is 2.69. The molecule has 5 nitrogen and oxygen atoms in total. The topological polar surface area (TPSA) is 54.5 Å². The van der Waals surface area contributed by atoms with Gasteiger partial charge in [-0.3, -0.25) is 4.79 Å². The number of nitrogens with one attached hydrogen (secondary N) is 1. The Kier molecular flexibility index (Phi) is 4.93. The van der Waals surface area contributed by atoms with E-state index in [0.717, 1.165) is 24.5 Å². The fourth-order valence-electron chi connectivity index (χ4n) is 2.75. The third-order valence-corrected chi connectivity index (χ3v) is 4.47. The maximum Gasteiger partial charge on any atom is 0.252 e. The predicted molar refractivity (Wildman–Crippen MR) is 91.9 cm³/mol. The molecule has 0 unspecified atom stereocenters. The van der Waals surface area contributed by atoms with Gasteiger partial charge >= 0.3 is 0 Å². The standard InChI is InChI=1S/C17H21N3O2S/c1-12-9-20(10-13(2)22-12)16-4-3-14(7-18-16)8-19-17(21)15-5-6-23-11-15/h3-7,11-13H,8-10H2,1-2H3,(H,19,21)/t12-,13+. The molecule has 0 bridgehead atoms. The smallest absolute Gasteiger partial charge is 0.252 e. The van der Waals surface area contributed by atoms with Gasteiger partial charge in [-0.05, 0) is 36.9 Å². The summed E-state index contributed by atoms with van der Waals surface area (Å²) in [6, 6.07) is 5.85. The summed E-state index contributed by atoms with van der Waals surface area (Å²) in [5, 5.41) is 6.65. The summed E-state index contributed by atoms with van der Waals surface area (Å²) < 4.78 is 5.75. The lowest BCUT2D eigenvalue weighted by Gasteiger charge is -2.36. The van der Waals surface area contributed by atoms with Crippen LogP contribution in [0, 0.1) is 0 Å². The van der Waals surface area contributed by atoms with E-state index in [9.17, 15) is 4.79 Å². The van der Waals surface area contributed by atoms with Crippen LogP contribution in [0.3, 0.4) is 0 Å². The minimum absolute atomic E-state index is 0.0499. The molecule has 1 saturated heterocycles. The van der Waals surface area contributed by atoms with Crippen LogP contribution in [0.25, 0.3) is 0 Å². The summed E-state index contributed by atoms with van der Waals surface area (Å²) in [6.07, 6.45) is 2.25. The van der Waals surface area contributed by atoms with Crippen LogP contribution in [-0.2, 0) is 11.3 Å². The fourth-order valence-corrected chi connectivity index (χ4v) is 3.39. The van der Waals surface area contributed by atoms with Gasteiger partial charge in [-0.1, -0.05) is 6.07 Å². The lowest BCUT2D eigenvalue weighted by molar-refractivity contribution is -0.00546. The first-order valence-corrected chi connectivity index (χ1v) is 8.72. The number of thiophene rings is 1. The number of nitrogens with zero attached hydrogens (tertiary/aromatic N) is 2. The van der Waals surface area contributed by atoms with E-state index >= 15 is 0 Å². The fraction of sp³-hybridized carbons (Fsp3) is 0.412.